The van der Waals surface area contributed by atoms with E-state index in [1.54, 1.807) is 4.90 Å². The van der Waals surface area contributed by atoms with Crippen molar-refractivity contribution in [3.8, 4) is 0 Å². The lowest BCUT2D eigenvalue weighted by atomic mass is 10.1. The van der Waals surface area contributed by atoms with Crippen molar-refractivity contribution >= 4 is 34.1 Å². The van der Waals surface area contributed by atoms with Crippen LogP contribution in [-0.4, -0.2) is 47.8 Å². The number of hydrogen-bond acceptors (Lipinski definition) is 4. The number of nitrogens with zero attached hydrogens (tertiary/aromatic N) is 2. The lowest BCUT2D eigenvalue weighted by Crippen LogP contribution is -2.50. The molecule has 2 aromatic heterocycles. The van der Waals surface area contributed by atoms with Crippen molar-refractivity contribution in [2.45, 2.75) is 26.7 Å². The molecule has 0 unspecified atom stereocenters. The highest BCUT2D eigenvalue weighted by molar-refractivity contribution is 7.12. The van der Waals surface area contributed by atoms with Crippen LogP contribution in [0.2, 0.25) is 0 Å². The van der Waals surface area contributed by atoms with E-state index in [9.17, 15) is 9.59 Å². The van der Waals surface area contributed by atoms with Crippen LogP contribution in [0, 0.1) is 6.92 Å². The number of rotatable bonds is 4. The highest BCUT2D eigenvalue weighted by Gasteiger charge is 2.29. The molecule has 0 spiro atoms. The number of hydrogen-bond donors (Lipinski definition) is 0. The van der Waals surface area contributed by atoms with Gasteiger partial charge in [0.05, 0.1) is 4.88 Å². The molecule has 0 radical (unpaired) electrons. The van der Waals surface area contributed by atoms with Crippen molar-refractivity contribution in [2.75, 3.05) is 26.2 Å². The molecule has 3 heterocycles. The third-order valence-corrected chi connectivity index (χ3v) is 6.18. The first-order valence-electron chi connectivity index (χ1n) is 9.72. The molecule has 1 aromatic carbocycles. The molecule has 0 N–H and O–H groups in total. The van der Waals surface area contributed by atoms with Crippen molar-refractivity contribution < 1.29 is 14.0 Å². The summed E-state index contributed by atoms with van der Waals surface area (Å²) >= 11 is 1.45. The molecule has 6 heteroatoms. The van der Waals surface area contributed by atoms with Gasteiger partial charge in [0.1, 0.15) is 5.58 Å². The van der Waals surface area contributed by atoms with E-state index in [1.807, 2.05) is 35.4 Å². The summed E-state index contributed by atoms with van der Waals surface area (Å²) in [5.74, 6) is 0.376. The number of carbonyl (C=O) groups excluding carboxylic acids is 2. The lowest BCUT2D eigenvalue weighted by molar-refractivity contribution is 0.0521. The molecular weight excluding hydrogens is 372 g/mol. The zero-order valence-electron chi connectivity index (χ0n) is 16.2. The van der Waals surface area contributed by atoms with E-state index in [0.717, 1.165) is 34.3 Å². The summed E-state index contributed by atoms with van der Waals surface area (Å²) in [5, 5.41) is 2.92. The van der Waals surface area contributed by atoms with Crippen molar-refractivity contribution in [2.24, 2.45) is 0 Å². The Hall–Kier alpha value is -2.60. The van der Waals surface area contributed by atoms with Crippen molar-refractivity contribution in [3.63, 3.8) is 0 Å². The third kappa shape index (κ3) is 3.44. The third-order valence-electron chi connectivity index (χ3n) is 5.32. The van der Waals surface area contributed by atoms with Crippen molar-refractivity contribution in [3.05, 3.63) is 57.5 Å². The molecule has 1 aliphatic heterocycles. The van der Waals surface area contributed by atoms with Crippen LogP contribution in [-0.2, 0) is 6.42 Å². The highest BCUT2D eigenvalue weighted by Crippen LogP contribution is 2.28. The van der Waals surface area contributed by atoms with E-state index in [1.165, 1.54) is 16.9 Å². The lowest BCUT2D eigenvalue weighted by Gasteiger charge is -2.34. The second-order valence-electron chi connectivity index (χ2n) is 7.20. The van der Waals surface area contributed by atoms with Gasteiger partial charge < -0.3 is 14.2 Å². The first kappa shape index (κ1) is 18.7. The largest absolute Gasteiger partial charge is 0.451 e. The van der Waals surface area contributed by atoms with E-state index in [2.05, 4.69) is 19.1 Å². The monoisotopic (exact) mass is 396 g/mol. The second-order valence-corrected chi connectivity index (χ2v) is 8.15. The Bertz CT molecular complexity index is 998. The van der Waals surface area contributed by atoms with Gasteiger partial charge in [0.25, 0.3) is 11.8 Å². The number of carbonyl (C=O) groups is 2. The molecule has 4 rings (SSSR count). The standard InChI is InChI=1S/C22H24N2O3S/c1-3-5-16-7-8-18-17(14-16)15(2)20(27-18)22(26)24-11-9-23(10-12-24)21(25)19-6-4-13-28-19/h4,6-8,13-14H,3,5,9-12H2,1-2H3. The van der Waals surface area contributed by atoms with E-state index < -0.39 is 0 Å². The predicted molar refractivity (Wildman–Crippen MR) is 111 cm³/mol. The minimum Gasteiger partial charge on any atom is -0.451 e. The molecule has 0 aliphatic carbocycles. The quantitative estimate of drug-likeness (QED) is 0.659. The summed E-state index contributed by atoms with van der Waals surface area (Å²) in [7, 11) is 0. The van der Waals surface area contributed by atoms with Crippen LogP contribution in [0.1, 0.15) is 44.7 Å². The number of fused-ring (bicyclic) bond motifs is 1. The molecule has 1 aliphatic rings. The van der Waals surface area contributed by atoms with Gasteiger partial charge in [-0.3, -0.25) is 9.59 Å². The first-order chi connectivity index (χ1) is 13.6. The molecule has 1 fully saturated rings. The Morgan fingerprint density at radius 1 is 1.07 bits per heavy atom. The summed E-state index contributed by atoms with van der Waals surface area (Å²) in [6.07, 6.45) is 2.10. The molecule has 0 bridgehead atoms. The number of piperazine rings is 1. The van der Waals surface area contributed by atoms with Crippen molar-refractivity contribution in [1.82, 2.24) is 9.80 Å². The smallest absolute Gasteiger partial charge is 0.290 e. The average molecular weight is 397 g/mol. The maximum atomic E-state index is 13.0. The highest BCUT2D eigenvalue weighted by atomic mass is 32.1. The van der Waals surface area contributed by atoms with Gasteiger partial charge in [0.15, 0.2) is 5.76 Å². The van der Waals surface area contributed by atoms with Crippen LogP contribution < -0.4 is 0 Å². The summed E-state index contributed by atoms with van der Waals surface area (Å²) in [6, 6.07) is 9.88. The van der Waals surface area contributed by atoms with Gasteiger partial charge in [-0.15, -0.1) is 11.3 Å². The van der Waals surface area contributed by atoms with Gasteiger partial charge >= 0.3 is 0 Å². The first-order valence-corrected chi connectivity index (χ1v) is 10.6. The zero-order valence-corrected chi connectivity index (χ0v) is 17.1. The van der Waals surface area contributed by atoms with Gasteiger partial charge in [-0.2, -0.15) is 0 Å². The van der Waals surface area contributed by atoms with Gasteiger partial charge in [0.2, 0.25) is 0 Å². The predicted octanol–water partition coefficient (Wildman–Crippen LogP) is 4.35. The van der Waals surface area contributed by atoms with Gasteiger partial charge in [-0.1, -0.05) is 25.5 Å². The fraction of sp³-hybridized carbons (Fsp3) is 0.364. The van der Waals surface area contributed by atoms with Crippen LogP contribution in [0.5, 0.6) is 0 Å². The van der Waals surface area contributed by atoms with Crippen LogP contribution in [0.3, 0.4) is 0 Å². The number of benzene rings is 1. The summed E-state index contributed by atoms with van der Waals surface area (Å²) in [6.45, 7) is 6.24. The molecule has 2 amide bonds. The van der Waals surface area contributed by atoms with Crippen LogP contribution in [0.25, 0.3) is 11.0 Å². The Labute approximate surface area is 168 Å². The summed E-state index contributed by atoms with van der Waals surface area (Å²) in [5.41, 5.74) is 2.92. The molecule has 0 saturated carbocycles. The SMILES string of the molecule is CCCc1ccc2oc(C(=O)N3CCN(C(=O)c4cccs4)CC3)c(C)c2c1. The van der Waals surface area contributed by atoms with E-state index >= 15 is 0 Å². The van der Waals surface area contributed by atoms with Gasteiger partial charge in [-0.25, -0.2) is 0 Å². The van der Waals surface area contributed by atoms with Crippen molar-refractivity contribution in [1.29, 1.82) is 0 Å². The summed E-state index contributed by atoms with van der Waals surface area (Å²) < 4.78 is 5.91. The zero-order chi connectivity index (χ0) is 19.7. The fourth-order valence-corrected chi connectivity index (χ4v) is 4.42. The van der Waals surface area contributed by atoms with Crippen LogP contribution in [0.4, 0.5) is 0 Å². The number of furan rings is 1. The number of amides is 2. The molecule has 3 aromatic rings. The van der Waals surface area contributed by atoms with E-state index in [4.69, 9.17) is 4.42 Å². The molecule has 28 heavy (non-hydrogen) atoms. The number of aryl methyl sites for hydroxylation is 2. The van der Waals surface area contributed by atoms with Crippen LogP contribution >= 0.6 is 11.3 Å². The number of thiophene rings is 1. The van der Waals surface area contributed by atoms with E-state index in [0.29, 0.717) is 31.9 Å². The molecule has 1 saturated heterocycles. The fourth-order valence-electron chi connectivity index (χ4n) is 3.73. The maximum Gasteiger partial charge on any atom is 0.290 e. The molecular formula is C22H24N2O3S. The van der Waals surface area contributed by atoms with E-state index in [-0.39, 0.29) is 11.8 Å². The molecule has 5 nitrogen and oxygen atoms in total. The van der Waals surface area contributed by atoms with Crippen LogP contribution in [0.15, 0.2) is 40.1 Å². The minimum atomic E-state index is -0.0889. The Morgan fingerprint density at radius 2 is 1.79 bits per heavy atom. The second kappa shape index (κ2) is 7.80. The minimum absolute atomic E-state index is 0.0467. The Balaban J connectivity index is 1.48. The van der Waals surface area contributed by atoms with Gasteiger partial charge in [-0.05, 0) is 42.5 Å². The maximum absolute atomic E-state index is 13.0. The Kier molecular flexibility index (Phi) is 5.22. The topological polar surface area (TPSA) is 53.8 Å². The normalized spacial score (nSPS) is 14.6. The molecule has 146 valence electrons. The van der Waals surface area contributed by atoms with Gasteiger partial charge in [0, 0.05) is 37.1 Å². The average Bonchev–Trinajstić information content (AvgIpc) is 3.36. The Morgan fingerprint density at radius 3 is 2.43 bits per heavy atom. The summed E-state index contributed by atoms with van der Waals surface area (Å²) in [4.78, 5) is 29.9. The molecule has 0 atom stereocenters.